The number of urea groups is 1. The van der Waals surface area contributed by atoms with Gasteiger partial charge in [-0.1, -0.05) is 55.0 Å². The Hall–Kier alpha value is -3.15. The van der Waals surface area contributed by atoms with Crippen LogP contribution in [0.4, 0.5) is 4.79 Å². The van der Waals surface area contributed by atoms with Crippen LogP contribution in [0.25, 0.3) is 0 Å². The Kier molecular flexibility index (Phi) is 4.27. The highest BCUT2D eigenvalue weighted by Gasteiger charge is 2.52. The van der Waals surface area contributed by atoms with Gasteiger partial charge in [0.25, 0.3) is 11.8 Å². The van der Waals surface area contributed by atoms with Gasteiger partial charge in [0.05, 0.1) is 0 Å². The zero-order valence-corrected chi connectivity index (χ0v) is 14.1. The third kappa shape index (κ3) is 2.87. The molecule has 1 atom stereocenters. The summed E-state index contributed by atoms with van der Waals surface area (Å²) in [5, 5.41) is 3.48. The molecule has 0 unspecified atom stereocenters. The number of carbonyl (C=O) groups is 3. The van der Waals surface area contributed by atoms with Gasteiger partial charge >= 0.3 is 6.03 Å². The van der Waals surface area contributed by atoms with Crippen molar-refractivity contribution >= 4 is 17.8 Å². The number of nitrogens with zero attached hydrogens (tertiary/aromatic N) is 1. The average molecular weight is 337 g/mol. The van der Waals surface area contributed by atoms with Gasteiger partial charge in [0.1, 0.15) is 5.54 Å². The molecule has 25 heavy (non-hydrogen) atoms. The van der Waals surface area contributed by atoms with E-state index in [1.54, 1.807) is 48.5 Å². The number of amides is 4. The zero-order chi connectivity index (χ0) is 18.0. The van der Waals surface area contributed by atoms with Crippen molar-refractivity contribution in [3.05, 3.63) is 71.3 Å². The van der Waals surface area contributed by atoms with Gasteiger partial charge in [0.2, 0.25) is 0 Å². The van der Waals surface area contributed by atoms with Crippen molar-refractivity contribution in [2.75, 3.05) is 0 Å². The van der Waals surface area contributed by atoms with Crippen LogP contribution in [0.3, 0.4) is 0 Å². The zero-order valence-electron chi connectivity index (χ0n) is 14.1. The number of carbonyl (C=O) groups excluding carboxylic acids is 3. The second kappa shape index (κ2) is 6.39. The van der Waals surface area contributed by atoms with Gasteiger partial charge in [-0.2, -0.15) is 5.01 Å². The summed E-state index contributed by atoms with van der Waals surface area (Å²) in [6.07, 6.45) is 0.374. The minimum Gasteiger partial charge on any atom is -0.318 e. The lowest BCUT2D eigenvalue weighted by molar-refractivity contribution is -0.133. The van der Waals surface area contributed by atoms with Gasteiger partial charge in [-0.25, -0.2) is 4.79 Å². The summed E-state index contributed by atoms with van der Waals surface area (Å²) in [6, 6.07) is 15.3. The van der Waals surface area contributed by atoms with E-state index in [1.165, 1.54) is 0 Å². The summed E-state index contributed by atoms with van der Waals surface area (Å²) in [5.74, 6) is -1.00. The molecule has 0 bridgehead atoms. The molecule has 1 aliphatic heterocycles. The number of aryl methyl sites for hydroxylation is 1. The molecule has 0 spiro atoms. The standard InChI is InChI=1S/C19H19N3O3/c1-3-19(15-7-5-4-6-8-15)17(24)22(18(25)20-19)21-16(23)14-11-9-13(2)10-12-14/h4-12H,3H2,1-2H3,(H,20,25)(H,21,23)/t19-/m0/s1. The smallest absolute Gasteiger partial charge is 0.318 e. The van der Waals surface area contributed by atoms with Gasteiger partial charge in [0.15, 0.2) is 0 Å². The number of hydrogen-bond acceptors (Lipinski definition) is 3. The molecule has 1 aliphatic rings. The molecule has 1 saturated heterocycles. The molecule has 0 saturated carbocycles. The van der Waals surface area contributed by atoms with Crippen molar-refractivity contribution in [2.45, 2.75) is 25.8 Å². The van der Waals surface area contributed by atoms with E-state index in [4.69, 9.17) is 0 Å². The number of nitrogens with one attached hydrogen (secondary N) is 2. The molecule has 2 aromatic carbocycles. The van der Waals surface area contributed by atoms with E-state index in [0.717, 1.165) is 10.6 Å². The van der Waals surface area contributed by atoms with Crippen molar-refractivity contribution in [1.82, 2.24) is 15.8 Å². The molecular formula is C19H19N3O3. The Morgan fingerprint density at radius 3 is 2.32 bits per heavy atom. The highest BCUT2D eigenvalue weighted by atomic mass is 16.2. The average Bonchev–Trinajstić information content (AvgIpc) is 2.88. The largest absolute Gasteiger partial charge is 0.344 e. The first-order valence-electron chi connectivity index (χ1n) is 8.08. The molecule has 3 rings (SSSR count). The number of rotatable bonds is 4. The Morgan fingerprint density at radius 2 is 1.72 bits per heavy atom. The summed E-state index contributed by atoms with van der Waals surface area (Å²) in [6.45, 7) is 3.73. The maximum atomic E-state index is 12.9. The van der Waals surface area contributed by atoms with Crippen LogP contribution in [-0.2, 0) is 10.3 Å². The lowest BCUT2D eigenvalue weighted by Crippen LogP contribution is -2.48. The minimum absolute atomic E-state index is 0.374. The summed E-state index contributed by atoms with van der Waals surface area (Å²) in [7, 11) is 0. The lowest BCUT2D eigenvalue weighted by Gasteiger charge is -2.25. The van der Waals surface area contributed by atoms with E-state index in [-0.39, 0.29) is 0 Å². The van der Waals surface area contributed by atoms with Crippen LogP contribution in [0.1, 0.15) is 34.8 Å². The molecule has 0 aliphatic carbocycles. The van der Waals surface area contributed by atoms with Crippen LogP contribution in [-0.4, -0.2) is 22.9 Å². The highest BCUT2D eigenvalue weighted by Crippen LogP contribution is 2.31. The van der Waals surface area contributed by atoms with Gasteiger partial charge in [0, 0.05) is 5.56 Å². The molecule has 2 aromatic rings. The predicted octanol–water partition coefficient (Wildman–Crippen LogP) is 2.50. The molecule has 6 nitrogen and oxygen atoms in total. The molecule has 1 heterocycles. The van der Waals surface area contributed by atoms with Crippen LogP contribution in [0, 0.1) is 6.92 Å². The summed E-state index contributed by atoms with van der Waals surface area (Å²) < 4.78 is 0. The van der Waals surface area contributed by atoms with E-state index in [2.05, 4.69) is 10.7 Å². The first-order chi connectivity index (χ1) is 12.0. The second-order valence-electron chi connectivity index (χ2n) is 6.00. The van der Waals surface area contributed by atoms with Crippen LogP contribution in [0.2, 0.25) is 0 Å². The molecule has 6 heteroatoms. The number of hydrazine groups is 1. The Bertz CT molecular complexity index is 818. The number of benzene rings is 2. The topological polar surface area (TPSA) is 78.5 Å². The third-order valence-electron chi connectivity index (χ3n) is 4.42. The lowest BCUT2D eigenvalue weighted by atomic mass is 9.87. The van der Waals surface area contributed by atoms with Crippen molar-refractivity contribution in [2.24, 2.45) is 0 Å². The molecule has 1 fully saturated rings. The quantitative estimate of drug-likeness (QED) is 0.842. The van der Waals surface area contributed by atoms with Gasteiger partial charge in [-0.05, 0) is 31.0 Å². The first-order valence-corrected chi connectivity index (χ1v) is 8.08. The maximum absolute atomic E-state index is 12.9. The number of hydrogen-bond donors (Lipinski definition) is 2. The minimum atomic E-state index is -1.17. The van der Waals surface area contributed by atoms with Crippen molar-refractivity contribution in [3.63, 3.8) is 0 Å². The molecule has 128 valence electrons. The fourth-order valence-corrected chi connectivity index (χ4v) is 2.91. The van der Waals surface area contributed by atoms with Crippen LogP contribution in [0.15, 0.2) is 54.6 Å². The molecule has 2 N–H and O–H groups in total. The van der Waals surface area contributed by atoms with E-state index in [9.17, 15) is 14.4 Å². The predicted molar refractivity (Wildman–Crippen MR) is 92.4 cm³/mol. The monoisotopic (exact) mass is 337 g/mol. The van der Waals surface area contributed by atoms with Crippen LogP contribution >= 0.6 is 0 Å². The Morgan fingerprint density at radius 1 is 1.08 bits per heavy atom. The van der Waals surface area contributed by atoms with Gasteiger partial charge < -0.3 is 5.32 Å². The Labute approximate surface area is 145 Å². The number of imide groups is 1. The summed E-state index contributed by atoms with van der Waals surface area (Å²) >= 11 is 0. The molecule has 0 aromatic heterocycles. The SMILES string of the molecule is CC[C@@]1(c2ccccc2)NC(=O)N(NC(=O)c2ccc(C)cc2)C1=O. The second-order valence-corrected chi connectivity index (χ2v) is 6.00. The highest BCUT2D eigenvalue weighted by molar-refractivity contribution is 6.09. The Balaban J connectivity index is 1.86. The van der Waals surface area contributed by atoms with Crippen molar-refractivity contribution in [3.8, 4) is 0 Å². The van der Waals surface area contributed by atoms with E-state index in [1.807, 2.05) is 19.9 Å². The van der Waals surface area contributed by atoms with Gasteiger partial charge in [-0.3, -0.25) is 15.0 Å². The summed E-state index contributed by atoms with van der Waals surface area (Å²) in [4.78, 5) is 37.6. The normalized spacial score (nSPS) is 19.7. The van der Waals surface area contributed by atoms with E-state index >= 15 is 0 Å². The molecule has 0 radical (unpaired) electrons. The third-order valence-corrected chi connectivity index (χ3v) is 4.42. The van der Waals surface area contributed by atoms with E-state index in [0.29, 0.717) is 17.5 Å². The molecular weight excluding hydrogens is 318 g/mol. The van der Waals surface area contributed by atoms with E-state index < -0.39 is 23.4 Å². The van der Waals surface area contributed by atoms with Gasteiger partial charge in [-0.15, -0.1) is 0 Å². The first kappa shape index (κ1) is 16.7. The maximum Gasteiger partial charge on any atom is 0.344 e. The van der Waals surface area contributed by atoms with Crippen molar-refractivity contribution < 1.29 is 14.4 Å². The van der Waals surface area contributed by atoms with Crippen LogP contribution < -0.4 is 10.7 Å². The fraction of sp³-hybridized carbons (Fsp3) is 0.211. The summed E-state index contributed by atoms with van der Waals surface area (Å²) in [5.41, 5.74) is 3.31. The van der Waals surface area contributed by atoms with Crippen LogP contribution in [0.5, 0.6) is 0 Å². The molecule has 4 amide bonds. The van der Waals surface area contributed by atoms with Crippen molar-refractivity contribution in [1.29, 1.82) is 0 Å². The fourth-order valence-electron chi connectivity index (χ4n) is 2.91.